The van der Waals surface area contributed by atoms with Crippen molar-refractivity contribution in [2.75, 3.05) is 5.32 Å². The van der Waals surface area contributed by atoms with Crippen LogP contribution in [-0.2, 0) is 11.3 Å². The van der Waals surface area contributed by atoms with Gasteiger partial charge < -0.3 is 15.7 Å². The van der Waals surface area contributed by atoms with Crippen LogP contribution < -0.4 is 10.6 Å². The number of phenols is 1. The second-order valence-corrected chi connectivity index (χ2v) is 9.07. The maximum atomic E-state index is 13.0. The summed E-state index contributed by atoms with van der Waals surface area (Å²) in [4.78, 5) is 25.1. The number of anilines is 1. The zero-order chi connectivity index (χ0) is 22.9. The Hall–Kier alpha value is -3.61. The van der Waals surface area contributed by atoms with Gasteiger partial charge >= 0.3 is 6.03 Å². The summed E-state index contributed by atoms with van der Waals surface area (Å²) in [6.07, 6.45) is 5.02. The molecule has 2 aromatic carbocycles. The molecule has 3 aromatic rings. The molecule has 0 atom stereocenters. The van der Waals surface area contributed by atoms with Gasteiger partial charge in [0.05, 0.1) is 11.4 Å². The molecule has 2 aliphatic rings. The number of nitrogens with one attached hydrogen (secondary N) is 2. The molecule has 33 heavy (non-hydrogen) atoms. The quantitative estimate of drug-likeness (QED) is 0.502. The second-order valence-electron chi connectivity index (χ2n) is 9.07. The van der Waals surface area contributed by atoms with Crippen molar-refractivity contribution in [1.29, 1.82) is 0 Å². The Morgan fingerprint density at radius 2 is 1.88 bits per heavy atom. The summed E-state index contributed by atoms with van der Waals surface area (Å²) in [5.74, 6) is 0.387. The summed E-state index contributed by atoms with van der Waals surface area (Å²) in [5, 5.41) is 21.0. The molecule has 0 spiro atoms. The van der Waals surface area contributed by atoms with E-state index in [1.54, 1.807) is 12.1 Å². The lowest BCUT2D eigenvalue weighted by Crippen LogP contribution is -2.31. The van der Waals surface area contributed by atoms with Crippen LogP contribution in [0.2, 0.25) is 0 Å². The highest BCUT2D eigenvalue weighted by molar-refractivity contribution is 5.94. The molecule has 7 nitrogen and oxygen atoms in total. The van der Waals surface area contributed by atoms with Crippen LogP contribution in [0.15, 0.2) is 48.5 Å². The van der Waals surface area contributed by atoms with E-state index < -0.39 is 0 Å². The van der Waals surface area contributed by atoms with Crippen molar-refractivity contribution in [2.45, 2.75) is 51.5 Å². The van der Waals surface area contributed by atoms with Gasteiger partial charge in [0, 0.05) is 35.7 Å². The summed E-state index contributed by atoms with van der Waals surface area (Å²) in [6.45, 7) is 2.44. The number of carbonyl (C=O) groups excluding carboxylic acids is 2. The SMILES string of the molecule is Cc1ccccc1CNC(=O)n1nc(-c2ccc(NC(=O)C3CC3)cc2O)cc1C1CCC1. The Bertz CT molecular complexity index is 1210. The predicted molar refractivity (Wildman–Crippen MR) is 126 cm³/mol. The molecule has 5 rings (SSSR count). The van der Waals surface area contributed by atoms with E-state index in [4.69, 9.17) is 0 Å². The van der Waals surface area contributed by atoms with E-state index >= 15 is 0 Å². The van der Waals surface area contributed by atoms with Crippen LogP contribution in [0.4, 0.5) is 10.5 Å². The molecule has 2 aliphatic carbocycles. The van der Waals surface area contributed by atoms with Crippen molar-refractivity contribution in [3.63, 3.8) is 0 Å². The number of hydrogen-bond acceptors (Lipinski definition) is 4. The number of benzene rings is 2. The molecule has 1 heterocycles. The van der Waals surface area contributed by atoms with Crippen LogP contribution in [0, 0.1) is 12.8 Å². The summed E-state index contributed by atoms with van der Waals surface area (Å²) in [7, 11) is 0. The molecule has 7 heteroatoms. The highest BCUT2D eigenvalue weighted by atomic mass is 16.3. The standard InChI is InChI=1S/C26H28N4O3/c1-16-5-2-3-6-19(16)15-27-26(33)30-23(17-7-4-8-17)14-22(29-30)21-12-11-20(13-24(21)31)28-25(32)18-9-10-18/h2-3,5-6,11-14,17-18,31H,4,7-10,15H2,1H3,(H,27,33)(H,28,32). The summed E-state index contributed by atoms with van der Waals surface area (Å²) in [6, 6.07) is 14.6. The van der Waals surface area contributed by atoms with E-state index in [0.29, 0.717) is 23.5 Å². The lowest BCUT2D eigenvalue weighted by molar-refractivity contribution is -0.117. The van der Waals surface area contributed by atoms with E-state index in [1.807, 2.05) is 37.3 Å². The maximum Gasteiger partial charge on any atom is 0.342 e. The molecule has 0 bridgehead atoms. The van der Waals surface area contributed by atoms with Gasteiger partial charge in [-0.2, -0.15) is 9.78 Å². The van der Waals surface area contributed by atoms with E-state index in [9.17, 15) is 14.7 Å². The Kier molecular flexibility index (Phi) is 5.62. The molecule has 0 saturated heterocycles. The average molecular weight is 445 g/mol. The number of aromatic hydroxyl groups is 1. The van der Waals surface area contributed by atoms with Crippen LogP contribution >= 0.6 is 0 Å². The molecule has 1 aromatic heterocycles. The Morgan fingerprint density at radius 1 is 1.09 bits per heavy atom. The van der Waals surface area contributed by atoms with Crippen LogP contribution in [0.3, 0.4) is 0 Å². The van der Waals surface area contributed by atoms with Crippen molar-refractivity contribution in [2.24, 2.45) is 5.92 Å². The molecule has 0 aliphatic heterocycles. The van der Waals surface area contributed by atoms with Crippen LogP contribution in [-0.4, -0.2) is 26.8 Å². The number of aromatic nitrogens is 2. The smallest absolute Gasteiger partial charge is 0.342 e. The Balaban J connectivity index is 1.38. The topological polar surface area (TPSA) is 96.3 Å². The number of phenolic OH excluding ortho intramolecular Hbond substituents is 1. The Labute approximate surface area is 192 Å². The van der Waals surface area contributed by atoms with Crippen molar-refractivity contribution in [3.8, 4) is 17.0 Å². The average Bonchev–Trinajstić information content (AvgIpc) is 3.53. The number of hydrogen-bond donors (Lipinski definition) is 3. The molecular formula is C26H28N4O3. The number of amides is 2. The number of rotatable bonds is 6. The molecule has 2 amide bonds. The number of carbonyl (C=O) groups is 2. The minimum absolute atomic E-state index is 0.0102. The maximum absolute atomic E-state index is 13.0. The van der Waals surface area contributed by atoms with Gasteiger partial charge in [-0.15, -0.1) is 0 Å². The summed E-state index contributed by atoms with van der Waals surface area (Å²) in [5.41, 5.74) is 4.68. The molecule has 170 valence electrons. The Morgan fingerprint density at radius 3 is 2.55 bits per heavy atom. The van der Waals surface area contributed by atoms with Gasteiger partial charge in [0.25, 0.3) is 0 Å². The van der Waals surface area contributed by atoms with E-state index in [0.717, 1.165) is 48.9 Å². The first-order valence-electron chi connectivity index (χ1n) is 11.6. The fourth-order valence-electron chi connectivity index (χ4n) is 4.15. The fourth-order valence-corrected chi connectivity index (χ4v) is 4.15. The highest BCUT2D eigenvalue weighted by Crippen LogP contribution is 2.39. The monoisotopic (exact) mass is 444 g/mol. The van der Waals surface area contributed by atoms with Crippen LogP contribution in [0.1, 0.15) is 54.8 Å². The molecule has 3 N–H and O–H groups in total. The molecule has 0 unspecified atom stereocenters. The summed E-state index contributed by atoms with van der Waals surface area (Å²) >= 11 is 0. The summed E-state index contributed by atoms with van der Waals surface area (Å²) < 4.78 is 1.44. The first-order valence-corrected chi connectivity index (χ1v) is 11.6. The second kappa shape index (κ2) is 8.73. The van der Waals surface area contributed by atoms with Gasteiger partial charge in [-0.3, -0.25) is 4.79 Å². The van der Waals surface area contributed by atoms with Crippen molar-refractivity contribution in [1.82, 2.24) is 15.1 Å². The van der Waals surface area contributed by atoms with Crippen molar-refractivity contribution < 1.29 is 14.7 Å². The number of nitrogens with zero attached hydrogens (tertiary/aromatic N) is 2. The van der Waals surface area contributed by atoms with Crippen LogP contribution in [0.5, 0.6) is 5.75 Å². The lowest BCUT2D eigenvalue weighted by Gasteiger charge is -2.25. The lowest BCUT2D eigenvalue weighted by atomic mass is 9.82. The molecule has 2 saturated carbocycles. The third-order valence-corrected chi connectivity index (χ3v) is 6.63. The zero-order valence-corrected chi connectivity index (χ0v) is 18.7. The van der Waals surface area contributed by atoms with Gasteiger partial charge in [-0.25, -0.2) is 4.79 Å². The predicted octanol–water partition coefficient (Wildman–Crippen LogP) is 4.94. The van der Waals surface area contributed by atoms with Crippen molar-refractivity contribution in [3.05, 3.63) is 65.4 Å². The van der Waals surface area contributed by atoms with Gasteiger partial charge in [-0.05, 0) is 61.9 Å². The molecule has 0 radical (unpaired) electrons. The van der Waals surface area contributed by atoms with Gasteiger partial charge in [0.1, 0.15) is 5.75 Å². The minimum atomic E-state index is -0.279. The van der Waals surface area contributed by atoms with Gasteiger partial charge in [0.15, 0.2) is 0 Å². The van der Waals surface area contributed by atoms with Crippen LogP contribution in [0.25, 0.3) is 11.3 Å². The minimum Gasteiger partial charge on any atom is -0.507 e. The van der Waals surface area contributed by atoms with Gasteiger partial charge in [-0.1, -0.05) is 30.7 Å². The molecular weight excluding hydrogens is 416 g/mol. The van der Waals surface area contributed by atoms with Gasteiger partial charge in [0.2, 0.25) is 5.91 Å². The first-order chi connectivity index (χ1) is 16.0. The third kappa shape index (κ3) is 4.49. The first kappa shape index (κ1) is 21.2. The fraction of sp³-hybridized carbons (Fsp3) is 0.346. The highest BCUT2D eigenvalue weighted by Gasteiger charge is 2.30. The molecule has 2 fully saturated rings. The van der Waals surface area contributed by atoms with Crippen molar-refractivity contribution >= 4 is 17.6 Å². The zero-order valence-electron chi connectivity index (χ0n) is 18.7. The normalized spacial score (nSPS) is 15.7. The van der Waals surface area contributed by atoms with E-state index in [-0.39, 0.29) is 29.5 Å². The largest absolute Gasteiger partial charge is 0.507 e. The van der Waals surface area contributed by atoms with E-state index in [2.05, 4.69) is 15.7 Å². The van der Waals surface area contributed by atoms with E-state index in [1.165, 1.54) is 10.7 Å². The third-order valence-electron chi connectivity index (χ3n) is 6.63. The number of aryl methyl sites for hydroxylation is 1.